The zero-order valence-electron chi connectivity index (χ0n) is 21.9. The van der Waals surface area contributed by atoms with Gasteiger partial charge >= 0.3 is 6.18 Å². The molecule has 1 aliphatic heterocycles. The van der Waals surface area contributed by atoms with Gasteiger partial charge in [-0.2, -0.15) is 24.9 Å². The fraction of sp³-hybridized carbons (Fsp3) is 0.586. The molecular formula is C29H38F3N3O2S. The van der Waals surface area contributed by atoms with Gasteiger partial charge in [-0.25, -0.2) is 0 Å². The summed E-state index contributed by atoms with van der Waals surface area (Å²) in [5.74, 6) is 1.62. The lowest BCUT2D eigenvalue weighted by Gasteiger charge is -2.30. The van der Waals surface area contributed by atoms with Crippen LogP contribution in [0.4, 0.5) is 13.2 Å². The summed E-state index contributed by atoms with van der Waals surface area (Å²) in [4.78, 5) is 27.8. The molecule has 0 aromatic heterocycles. The molecule has 1 heterocycles. The Hall–Kier alpha value is -2.26. The third-order valence-electron chi connectivity index (χ3n) is 7.94. The van der Waals surface area contributed by atoms with Gasteiger partial charge in [-0.05, 0) is 61.5 Å². The number of nitrogens with one attached hydrogen (secondary N) is 2. The van der Waals surface area contributed by atoms with Crippen LogP contribution in [-0.4, -0.2) is 66.6 Å². The Morgan fingerprint density at radius 1 is 1.16 bits per heavy atom. The van der Waals surface area contributed by atoms with Gasteiger partial charge < -0.3 is 15.5 Å². The number of alkyl halides is 3. The van der Waals surface area contributed by atoms with Gasteiger partial charge in [0.05, 0.1) is 5.57 Å². The second-order valence-corrected chi connectivity index (χ2v) is 12.1. The third kappa shape index (κ3) is 7.65. The number of hydrogen-bond acceptors (Lipinski definition) is 4. The van der Waals surface area contributed by atoms with Crippen LogP contribution in [-0.2, 0) is 4.79 Å². The van der Waals surface area contributed by atoms with E-state index in [0.717, 1.165) is 57.6 Å². The van der Waals surface area contributed by atoms with Crippen LogP contribution in [0, 0.1) is 17.3 Å². The lowest BCUT2D eigenvalue weighted by atomic mass is 9.88. The van der Waals surface area contributed by atoms with Gasteiger partial charge in [-0.15, -0.1) is 0 Å². The molecule has 1 aromatic rings. The van der Waals surface area contributed by atoms with Gasteiger partial charge in [0.25, 0.3) is 5.91 Å². The highest BCUT2D eigenvalue weighted by atomic mass is 32.2. The molecular weight excluding hydrogens is 511 g/mol. The molecule has 1 saturated heterocycles. The first-order valence-corrected chi connectivity index (χ1v) is 14.7. The number of thioether (sulfide) groups is 1. The quantitative estimate of drug-likeness (QED) is 0.372. The zero-order chi connectivity index (χ0) is 27.2. The van der Waals surface area contributed by atoms with Crippen molar-refractivity contribution in [2.45, 2.75) is 51.2 Å². The van der Waals surface area contributed by atoms with Crippen LogP contribution in [0.1, 0.15) is 49.4 Å². The predicted octanol–water partition coefficient (Wildman–Crippen LogP) is 5.21. The third-order valence-corrected chi connectivity index (χ3v) is 9.00. The van der Waals surface area contributed by atoms with Crippen molar-refractivity contribution in [1.82, 2.24) is 15.5 Å². The average Bonchev–Trinajstić information content (AvgIpc) is 3.61. The maximum atomic E-state index is 13.2. The summed E-state index contributed by atoms with van der Waals surface area (Å²) in [5.41, 5.74) is 0.101. The highest BCUT2D eigenvalue weighted by molar-refractivity contribution is 7.99. The molecule has 1 saturated carbocycles. The van der Waals surface area contributed by atoms with Crippen molar-refractivity contribution in [3.63, 3.8) is 0 Å². The second-order valence-electron chi connectivity index (χ2n) is 10.9. The summed E-state index contributed by atoms with van der Waals surface area (Å²) in [5, 5.41) is 6.46. The average molecular weight is 550 g/mol. The van der Waals surface area contributed by atoms with Gasteiger partial charge in [0.15, 0.2) is 0 Å². The number of likely N-dealkylation sites (tertiary alicyclic amines) is 1. The minimum Gasteiger partial charge on any atom is -0.341 e. The topological polar surface area (TPSA) is 61.4 Å². The zero-order valence-corrected chi connectivity index (χ0v) is 22.8. The molecule has 5 nitrogen and oxygen atoms in total. The molecule has 9 heteroatoms. The van der Waals surface area contributed by atoms with Crippen LogP contribution in [0.5, 0.6) is 0 Å². The molecule has 0 spiro atoms. The van der Waals surface area contributed by atoms with Gasteiger partial charge in [0, 0.05) is 43.2 Å². The van der Waals surface area contributed by atoms with Crippen LogP contribution in [0.15, 0.2) is 54.1 Å². The van der Waals surface area contributed by atoms with Gasteiger partial charge in [0.1, 0.15) is 6.04 Å². The van der Waals surface area contributed by atoms with Gasteiger partial charge in [0.2, 0.25) is 5.91 Å². The van der Waals surface area contributed by atoms with Crippen LogP contribution in [0.2, 0.25) is 0 Å². The second kappa shape index (κ2) is 12.7. The van der Waals surface area contributed by atoms with Crippen molar-refractivity contribution in [3.05, 3.63) is 59.7 Å². The van der Waals surface area contributed by atoms with Crippen molar-refractivity contribution in [2.75, 3.05) is 37.7 Å². The number of piperidine rings is 1. The molecule has 3 aliphatic rings. The number of amides is 2. The Morgan fingerprint density at radius 2 is 1.89 bits per heavy atom. The highest BCUT2D eigenvalue weighted by Crippen LogP contribution is 2.57. The number of rotatable bonds is 11. The normalized spacial score (nSPS) is 26.0. The fourth-order valence-electron chi connectivity index (χ4n) is 5.52. The highest BCUT2D eigenvalue weighted by Gasteiger charge is 2.52. The molecule has 208 valence electrons. The fourth-order valence-corrected chi connectivity index (χ4v) is 6.44. The van der Waals surface area contributed by atoms with Crippen LogP contribution in [0.3, 0.4) is 0 Å². The van der Waals surface area contributed by atoms with E-state index in [9.17, 15) is 22.8 Å². The number of benzene rings is 1. The van der Waals surface area contributed by atoms with Crippen molar-refractivity contribution >= 4 is 23.6 Å². The smallest absolute Gasteiger partial charge is 0.341 e. The number of carbonyl (C=O) groups is 2. The van der Waals surface area contributed by atoms with Crippen LogP contribution < -0.4 is 10.6 Å². The minimum atomic E-state index is -4.27. The van der Waals surface area contributed by atoms with Crippen molar-refractivity contribution in [1.29, 1.82) is 0 Å². The first-order valence-electron chi connectivity index (χ1n) is 13.6. The van der Waals surface area contributed by atoms with Crippen LogP contribution >= 0.6 is 11.8 Å². The molecule has 1 aromatic carbocycles. The molecule has 0 bridgehead atoms. The summed E-state index contributed by atoms with van der Waals surface area (Å²) < 4.78 is 38.6. The molecule has 2 amide bonds. The van der Waals surface area contributed by atoms with E-state index in [4.69, 9.17) is 0 Å². The molecule has 38 heavy (non-hydrogen) atoms. The van der Waals surface area contributed by atoms with E-state index in [1.54, 1.807) is 30.0 Å². The number of halogens is 3. The number of carbonyl (C=O) groups excluding carboxylic acids is 2. The number of hydrogen-bond donors (Lipinski definition) is 2. The van der Waals surface area contributed by atoms with E-state index < -0.39 is 17.8 Å². The first kappa shape index (κ1) is 28.7. The van der Waals surface area contributed by atoms with Gasteiger partial charge in [-0.1, -0.05) is 43.4 Å². The van der Waals surface area contributed by atoms with Crippen LogP contribution in [0.25, 0.3) is 0 Å². The Labute approximate surface area is 227 Å². The summed E-state index contributed by atoms with van der Waals surface area (Å²) in [6.07, 6.45) is 4.61. The maximum Gasteiger partial charge on any atom is 0.416 e. The maximum absolute atomic E-state index is 13.2. The van der Waals surface area contributed by atoms with Gasteiger partial charge in [-0.3, -0.25) is 9.59 Å². The van der Waals surface area contributed by atoms with Crippen molar-refractivity contribution in [3.8, 4) is 0 Å². The Balaban J connectivity index is 1.19. The predicted molar refractivity (Wildman–Crippen MR) is 146 cm³/mol. The van der Waals surface area contributed by atoms with Crippen molar-refractivity contribution in [2.24, 2.45) is 17.3 Å². The lowest BCUT2D eigenvalue weighted by molar-refractivity contribution is -0.133. The lowest BCUT2D eigenvalue weighted by Crippen LogP contribution is -2.51. The Kier molecular flexibility index (Phi) is 9.63. The SMILES string of the molecule is CC1(CNCCSC[C@H](NC(=O)c2ccccc2)C(=O)N2CCCCC2)C[C@H]1C1C=CC(C(F)(F)F)=CC1. The van der Waals surface area contributed by atoms with E-state index in [0.29, 0.717) is 23.7 Å². The Morgan fingerprint density at radius 3 is 2.55 bits per heavy atom. The number of allylic oxidation sites excluding steroid dienone is 4. The minimum absolute atomic E-state index is 0.00830. The van der Waals surface area contributed by atoms with E-state index in [1.165, 1.54) is 12.2 Å². The van der Waals surface area contributed by atoms with E-state index in [1.807, 2.05) is 23.1 Å². The van der Waals surface area contributed by atoms with E-state index in [-0.39, 0.29) is 23.1 Å². The summed E-state index contributed by atoms with van der Waals surface area (Å²) in [7, 11) is 0. The molecule has 2 unspecified atom stereocenters. The molecule has 2 aliphatic carbocycles. The van der Waals surface area contributed by atoms with Crippen molar-refractivity contribution < 1.29 is 22.8 Å². The summed E-state index contributed by atoms with van der Waals surface area (Å²) >= 11 is 1.64. The molecule has 2 N–H and O–H groups in total. The summed E-state index contributed by atoms with van der Waals surface area (Å²) in [6.45, 7) is 5.27. The van der Waals surface area contributed by atoms with E-state index in [2.05, 4.69) is 17.6 Å². The first-order chi connectivity index (χ1) is 18.2. The monoisotopic (exact) mass is 549 g/mol. The molecule has 2 fully saturated rings. The number of nitrogens with zero attached hydrogens (tertiary/aromatic N) is 1. The molecule has 4 atom stereocenters. The standard InChI is InChI=1S/C29H38F3N3O2S/c1-28(18-24(28)21-10-12-23(13-11-21)29(30,31)32)20-33-14-17-38-19-25(27(37)35-15-6-3-7-16-35)34-26(36)22-8-4-2-5-9-22/h2,4-5,8-10,12-13,21,24-25,33H,3,6-7,11,14-20H2,1H3,(H,34,36)/t21?,24-,25-,28?/m0/s1. The largest absolute Gasteiger partial charge is 0.416 e. The summed E-state index contributed by atoms with van der Waals surface area (Å²) in [6, 6.07) is 8.40. The molecule has 4 rings (SSSR count). The molecule has 0 radical (unpaired) electrons. The van der Waals surface area contributed by atoms with E-state index >= 15 is 0 Å². The Bertz CT molecular complexity index is 1020.